The van der Waals surface area contributed by atoms with E-state index in [0.29, 0.717) is 22.3 Å². The Balaban J connectivity index is 1.09. The molecule has 0 saturated heterocycles. The molecule has 1 aliphatic carbocycles. The molecule has 0 radical (unpaired) electrons. The molecule has 1 aromatic heterocycles. The van der Waals surface area contributed by atoms with Gasteiger partial charge in [-0.05, 0) is 117 Å². The zero-order valence-corrected chi connectivity index (χ0v) is 32.2. The molecular weight excluding hydrogens is 711 g/mol. The minimum Gasteiger partial charge on any atom is -0.310 e. The van der Waals surface area contributed by atoms with Crippen LogP contribution in [0, 0.1) is 0 Å². The molecule has 0 N–H and O–H groups in total. The van der Waals surface area contributed by atoms with E-state index in [0.717, 1.165) is 33.8 Å². The van der Waals surface area contributed by atoms with Crippen molar-refractivity contribution in [2.45, 2.75) is 19.3 Å². The smallest absolute Gasteiger partial charge is 0.310 e. The van der Waals surface area contributed by atoms with Gasteiger partial charge in [-0.3, -0.25) is 9.36 Å². The summed E-state index contributed by atoms with van der Waals surface area (Å²) in [4.78, 5) is 30.6. The lowest BCUT2D eigenvalue weighted by Crippen LogP contribution is -2.38. The number of aromatic nitrogens is 2. The van der Waals surface area contributed by atoms with Crippen molar-refractivity contribution in [2.75, 3.05) is 4.90 Å². The summed E-state index contributed by atoms with van der Waals surface area (Å²) >= 11 is 0. The molecule has 10 rings (SSSR count). The van der Waals surface area contributed by atoms with Crippen LogP contribution in [0.25, 0.3) is 55.7 Å². The Morgan fingerprint density at radius 3 is 1.53 bits per heavy atom. The molecule has 0 saturated carbocycles. The van der Waals surface area contributed by atoms with E-state index >= 15 is 0 Å². The van der Waals surface area contributed by atoms with Crippen LogP contribution in [0.5, 0.6) is 0 Å². The topological polar surface area (TPSA) is 47.2 Å². The molecule has 0 unspecified atom stereocenters. The Morgan fingerprint density at radius 2 is 0.897 bits per heavy atom. The zero-order valence-electron chi connectivity index (χ0n) is 32.2. The molecule has 1 aliphatic rings. The molecule has 5 nitrogen and oxygen atoms in total. The Hall–Kier alpha value is -7.50. The van der Waals surface area contributed by atoms with Crippen molar-refractivity contribution < 1.29 is 0 Å². The van der Waals surface area contributed by atoms with Crippen LogP contribution in [-0.4, -0.2) is 9.13 Å². The number of benzene rings is 8. The van der Waals surface area contributed by atoms with Crippen LogP contribution >= 0.6 is 0 Å². The molecule has 0 bridgehead atoms. The second-order valence-electron chi connectivity index (χ2n) is 15.4. The van der Waals surface area contributed by atoms with E-state index in [1.54, 1.807) is 16.7 Å². The summed E-state index contributed by atoms with van der Waals surface area (Å²) in [5.74, 6) is 0. The summed E-state index contributed by atoms with van der Waals surface area (Å²) in [6.45, 7) is 4.62. The van der Waals surface area contributed by atoms with Gasteiger partial charge in [-0.2, -0.15) is 0 Å². The van der Waals surface area contributed by atoms with E-state index in [2.05, 4.69) is 134 Å². The first-order chi connectivity index (χ1) is 28.4. The van der Waals surface area contributed by atoms with Crippen LogP contribution < -0.4 is 16.1 Å². The minimum atomic E-state index is -0.414. The summed E-state index contributed by atoms with van der Waals surface area (Å²) in [7, 11) is 0. The first-order valence-electron chi connectivity index (χ1n) is 19.6. The first kappa shape index (κ1) is 35.0. The molecule has 9 aromatic rings. The lowest BCUT2D eigenvalue weighted by molar-refractivity contribution is 0.660. The second kappa shape index (κ2) is 13.9. The maximum absolute atomic E-state index is 14.2. The predicted molar refractivity (Wildman–Crippen MR) is 238 cm³/mol. The minimum absolute atomic E-state index is 0.144. The molecule has 0 spiro atoms. The van der Waals surface area contributed by atoms with Crippen LogP contribution in [0.4, 0.5) is 17.1 Å². The summed E-state index contributed by atoms with van der Waals surface area (Å²) in [5, 5.41) is 0.454. The molecule has 0 amide bonds. The van der Waals surface area contributed by atoms with Crippen LogP contribution in [-0.2, 0) is 5.41 Å². The van der Waals surface area contributed by atoms with Crippen molar-refractivity contribution in [3.05, 3.63) is 232 Å². The number of hydrogen-bond acceptors (Lipinski definition) is 3. The SMILES string of the molecule is CC1(C)c2ccccc2-c2ccc(N(c3ccc(-c4ccccc4)cc3)c3ccc(-c4ccc5c(c4)c(=O)n(-c4ccccc4)c(=O)n5-c4ccccc4)cc3)cc21. The fourth-order valence-corrected chi connectivity index (χ4v) is 8.64. The van der Waals surface area contributed by atoms with E-state index in [1.165, 1.54) is 32.4 Å². The van der Waals surface area contributed by atoms with Gasteiger partial charge in [0.15, 0.2) is 0 Å². The number of nitrogens with zero attached hydrogens (tertiary/aromatic N) is 3. The van der Waals surface area contributed by atoms with Crippen LogP contribution in [0.2, 0.25) is 0 Å². The summed E-state index contributed by atoms with van der Waals surface area (Å²) in [6, 6.07) is 67.6. The van der Waals surface area contributed by atoms with Gasteiger partial charge in [-0.1, -0.05) is 141 Å². The van der Waals surface area contributed by atoms with Crippen molar-refractivity contribution in [3.8, 4) is 44.8 Å². The van der Waals surface area contributed by atoms with Gasteiger partial charge >= 0.3 is 5.69 Å². The molecule has 1 heterocycles. The van der Waals surface area contributed by atoms with Gasteiger partial charge in [-0.15, -0.1) is 0 Å². The highest BCUT2D eigenvalue weighted by Crippen LogP contribution is 2.50. The third kappa shape index (κ3) is 5.79. The zero-order chi connectivity index (χ0) is 39.4. The maximum atomic E-state index is 14.2. The standard InChI is InChI=1S/C53H39N3O2/c1-53(2)48-21-13-12-20-45(48)46-32-31-44(35-49(46)53)54(42-27-22-37(23-28-42)36-14-6-3-7-15-36)43-29-24-38(25-30-43)39-26-33-50-47(34-39)51(57)56(41-18-10-5-11-19-41)52(58)55(50)40-16-8-4-9-17-40/h3-35H,1-2H3. The van der Waals surface area contributed by atoms with Gasteiger partial charge in [-0.25, -0.2) is 9.36 Å². The summed E-state index contributed by atoms with van der Waals surface area (Å²) < 4.78 is 2.88. The summed E-state index contributed by atoms with van der Waals surface area (Å²) in [5.41, 5.74) is 13.4. The fraction of sp³-hybridized carbons (Fsp3) is 0.0566. The Kier molecular flexibility index (Phi) is 8.38. The highest BCUT2D eigenvalue weighted by Gasteiger charge is 2.35. The normalized spacial score (nSPS) is 12.6. The number of hydrogen-bond donors (Lipinski definition) is 0. The van der Waals surface area contributed by atoms with Gasteiger partial charge in [0.1, 0.15) is 0 Å². The molecule has 0 fully saturated rings. The van der Waals surface area contributed by atoms with E-state index < -0.39 is 5.69 Å². The number of rotatable bonds is 7. The highest BCUT2D eigenvalue weighted by molar-refractivity contribution is 5.88. The van der Waals surface area contributed by atoms with Crippen molar-refractivity contribution in [3.63, 3.8) is 0 Å². The molecule has 8 aromatic carbocycles. The molecule has 278 valence electrons. The van der Waals surface area contributed by atoms with Crippen molar-refractivity contribution in [1.29, 1.82) is 0 Å². The molecule has 58 heavy (non-hydrogen) atoms. The van der Waals surface area contributed by atoms with E-state index in [1.807, 2.05) is 72.8 Å². The van der Waals surface area contributed by atoms with Gasteiger partial charge in [0.05, 0.1) is 22.3 Å². The molecule has 5 heteroatoms. The highest BCUT2D eigenvalue weighted by atomic mass is 16.2. The van der Waals surface area contributed by atoms with Crippen molar-refractivity contribution in [1.82, 2.24) is 9.13 Å². The van der Waals surface area contributed by atoms with E-state index in [4.69, 9.17) is 0 Å². The predicted octanol–water partition coefficient (Wildman–Crippen LogP) is 12.3. The summed E-state index contributed by atoms with van der Waals surface area (Å²) in [6.07, 6.45) is 0. The fourth-order valence-electron chi connectivity index (χ4n) is 8.64. The van der Waals surface area contributed by atoms with Gasteiger partial charge in [0, 0.05) is 22.5 Å². The third-order valence-corrected chi connectivity index (χ3v) is 11.6. The molecule has 0 atom stereocenters. The third-order valence-electron chi connectivity index (χ3n) is 11.6. The Labute approximate surface area is 337 Å². The Bertz CT molecular complexity index is 3090. The average molecular weight is 750 g/mol. The number of para-hydroxylation sites is 2. The number of anilines is 3. The lowest BCUT2D eigenvalue weighted by Gasteiger charge is -2.28. The Morgan fingerprint density at radius 1 is 0.414 bits per heavy atom. The van der Waals surface area contributed by atoms with Crippen LogP contribution in [0.1, 0.15) is 25.0 Å². The maximum Gasteiger partial charge on any atom is 0.340 e. The molecular formula is C53H39N3O2. The quantitative estimate of drug-likeness (QED) is 0.163. The number of fused-ring (bicyclic) bond motifs is 4. The van der Waals surface area contributed by atoms with E-state index in [-0.39, 0.29) is 11.0 Å². The largest absolute Gasteiger partial charge is 0.340 e. The second-order valence-corrected chi connectivity index (χ2v) is 15.4. The molecule has 0 aliphatic heterocycles. The average Bonchev–Trinajstić information content (AvgIpc) is 3.50. The van der Waals surface area contributed by atoms with Crippen LogP contribution in [0.15, 0.2) is 210 Å². The lowest BCUT2D eigenvalue weighted by atomic mass is 9.82. The van der Waals surface area contributed by atoms with Gasteiger partial charge < -0.3 is 4.90 Å². The van der Waals surface area contributed by atoms with Gasteiger partial charge in [0.25, 0.3) is 5.56 Å². The van der Waals surface area contributed by atoms with Gasteiger partial charge in [0.2, 0.25) is 0 Å². The van der Waals surface area contributed by atoms with Crippen LogP contribution in [0.3, 0.4) is 0 Å². The first-order valence-corrected chi connectivity index (χ1v) is 19.6. The monoisotopic (exact) mass is 749 g/mol. The van der Waals surface area contributed by atoms with E-state index in [9.17, 15) is 9.59 Å². The van der Waals surface area contributed by atoms with Crippen molar-refractivity contribution >= 4 is 28.0 Å². The van der Waals surface area contributed by atoms with Crippen molar-refractivity contribution in [2.24, 2.45) is 0 Å².